The molecule has 0 N–H and O–H groups in total. The summed E-state index contributed by atoms with van der Waals surface area (Å²) in [6.07, 6.45) is 5.83. The Bertz CT molecular complexity index is 737. The lowest BCUT2D eigenvalue weighted by Crippen LogP contribution is -1.75. The minimum Gasteiger partial charge on any atom is -0.122 e. The van der Waals surface area contributed by atoms with Crippen molar-refractivity contribution in [2.75, 3.05) is 5.88 Å². The van der Waals surface area contributed by atoms with Crippen molar-refractivity contribution in [2.24, 2.45) is 0 Å². The molecule has 3 aromatic carbocycles. The second-order valence-electron chi connectivity index (χ2n) is 4.74. The maximum absolute atomic E-state index is 5.46. The molecular formula is C21H19Cl. The number of allylic oxidation sites excluding steroid dienone is 1. The first-order valence-corrected chi connectivity index (χ1v) is 7.76. The fourth-order valence-electron chi connectivity index (χ4n) is 2.17. The number of hydrogen-bond donors (Lipinski definition) is 0. The summed E-state index contributed by atoms with van der Waals surface area (Å²) in [6, 6.07) is 24.7. The molecule has 0 amide bonds. The molecule has 0 aliphatic heterocycles. The van der Waals surface area contributed by atoms with Crippen molar-refractivity contribution >= 4 is 34.5 Å². The Kier molecular flexibility index (Phi) is 6.47. The molecule has 0 radical (unpaired) electrons. The van der Waals surface area contributed by atoms with Gasteiger partial charge in [0.15, 0.2) is 0 Å². The highest BCUT2D eigenvalue weighted by Gasteiger charge is 1.93. The standard InChI is InChI=1S/C12H10.C9H9Cl/c1-2-10-7-5-8-11-6-3-4-9-12(10)11;10-8-4-7-9-5-2-1-3-6-9/h2-9H,1H2;1-7H,8H2. The van der Waals surface area contributed by atoms with Crippen LogP contribution in [0.4, 0.5) is 0 Å². The quantitative estimate of drug-likeness (QED) is 0.490. The van der Waals surface area contributed by atoms with E-state index in [1.807, 2.05) is 48.6 Å². The van der Waals surface area contributed by atoms with Crippen molar-refractivity contribution in [3.8, 4) is 0 Å². The summed E-state index contributed by atoms with van der Waals surface area (Å²) in [5.41, 5.74) is 2.40. The third-order valence-corrected chi connectivity index (χ3v) is 3.42. The first-order valence-electron chi connectivity index (χ1n) is 7.23. The predicted octanol–water partition coefficient (Wildman–Crippen LogP) is 6.42. The summed E-state index contributed by atoms with van der Waals surface area (Å²) >= 11 is 5.46. The zero-order valence-electron chi connectivity index (χ0n) is 12.5. The molecule has 0 nitrogen and oxygen atoms in total. The number of alkyl halides is 1. The van der Waals surface area contributed by atoms with Gasteiger partial charge in [0.1, 0.15) is 0 Å². The summed E-state index contributed by atoms with van der Waals surface area (Å²) < 4.78 is 0. The van der Waals surface area contributed by atoms with E-state index in [2.05, 4.69) is 49.0 Å². The molecule has 1 heteroatoms. The van der Waals surface area contributed by atoms with Crippen molar-refractivity contribution in [3.05, 3.63) is 96.6 Å². The van der Waals surface area contributed by atoms with Crippen LogP contribution in [-0.4, -0.2) is 5.88 Å². The number of fused-ring (bicyclic) bond motifs is 1. The highest BCUT2D eigenvalue weighted by Crippen LogP contribution is 2.18. The van der Waals surface area contributed by atoms with E-state index in [1.165, 1.54) is 21.9 Å². The molecule has 22 heavy (non-hydrogen) atoms. The van der Waals surface area contributed by atoms with Crippen LogP contribution < -0.4 is 0 Å². The van der Waals surface area contributed by atoms with Crippen molar-refractivity contribution in [2.45, 2.75) is 0 Å². The van der Waals surface area contributed by atoms with Crippen LogP contribution in [0.25, 0.3) is 22.9 Å². The van der Waals surface area contributed by atoms with Gasteiger partial charge in [0.25, 0.3) is 0 Å². The molecule has 3 rings (SSSR count). The molecule has 0 saturated carbocycles. The average molecular weight is 307 g/mol. The molecule has 0 aliphatic carbocycles. The number of halogens is 1. The lowest BCUT2D eigenvalue weighted by Gasteiger charge is -1.99. The smallest absolute Gasteiger partial charge is 0.0407 e. The fourth-order valence-corrected chi connectivity index (χ4v) is 2.26. The van der Waals surface area contributed by atoms with Crippen molar-refractivity contribution in [1.29, 1.82) is 0 Å². The molecule has 0 aliphatic rings. The summed E-state index contributed by atoms with van der Waals surface area (Å²) in [5, 5.41) is 2.55. The monoisotopic (exact) mass is 306 g/mol. The maximum atomic E-state index is 5.46. The fraction of sp³-hybridized carbons (Fsp3) is 0.0476. The van der Waals surface area contributed by atoms with E-state index in [-0.39, 0.29) is 0 Å². The summed E-state index contributed by atoms with van der Waals surface area (Å²) in [7, 11) is 0. The normalized spacial score (nSPS) is 10.2. The summed E-state index contributed by atoms with van der Waals surface area (Å²) in [4.78, 5) is 0. The molecule has 0 atom stereocenters. The van der Waals surface area contributed by atoms with Gasteiger partial charge in [-0.3, -0.25) is 0 Å². The maximum Gasteiger partial charge on any atom is 0.0407 e. The van der Waals surface area contributed by atoms with Gasteiger partial charge in [0.2, 0.25) is 0 Å². The SMILES string of the molecule is C=Cc1cccc2ccccc12.ClCC=Cc1ccccc1. The van der Waals surface area contributed by atoms with Crippen LogP contribution in [0.2, 0.25) is 0 Å². The van der Waals surface area contributed by atoms with E-state index < -0.39 is 0 Å². The number of rotatable bonds is 3. The Morgan fingerprint density at radius 3 is 2.23 bits per heavy atom. The molecule has 0 bridgehead atoms. The lowest BCUT2D eigenvalue weighted by atomic mass is 10.1. The van der Waals surface area contributed by atoms with Crippen LogP contribution in [0.15, 0.2) is 85.5 Å². The third kappa shape index (κ3) is 4.61. The Labute approximate surface area is 137 Å². The molecule has 0 spiro atoms. The largest absolute Gasteiger partial charge is 0.122 e. The first kappa shape index (κ1) is 16.1. The molecular weight excluding hydrogens is 288 g/mol. The van der Waals surface area contributed by atoms with Crippen LogP contribution in [0.5, 0.6) is 0 Å². The van der Waals surface area contributed by atoms with Gasteiger partial charge < -0.3 is 0 Å². The van der Waals surface area contributed by atoms with Crippen molar-refractivity contribution < 1.29 is 0 Å². The lowest BCUT2D eigenvalue weighted by molar-refractivity contribution is 1.65. The second-order valence-corrected chi connectivity index (χ2v) is 5.05. The van der Waals surface area contributed by atoms with Gasteiger partial charge in [-0.2, -0.15) is 0 Å². The number of benzene rings is 3. The van der Waals surface area contributed by atoms with Crippen LogP contribution in [0, 0.1) is 0 Å². The highest BCUT2D eigenvalue weighted by atomic mass is 35.5. The first-order chi connectivity index (χ1) is 10.8. The van der Waals surface area contributed by atoms with Gasteiger partial charge in [-0.05, 0) is 21.9 Å². The van der Waals surface area contributed by atoms with Crippen LogP contribution >= 0.6 is 11.6 Å². The molecule has 0 heterocycles. The zero-order valence-corrected chi connectivity index (χ0v) is 13.2. The van der Waals surface area contributed by atoms with Gasteiger partial charge in [-0.25, -0.2) is 0 Å². The third-order valence-electron chi connectivity index (χ3n) is 3.24. The van der Waals surface area contributed by atoms with Crippen LogP contribution in [0.1, 0.15) is 11.1 Å². The van der Waals surface area contributed by atoms with Gasteiger partial charge in [0.05, 0.1) is 0 Å². The summed E-state index contributed by atoms with van der Waals surface area (Å²) in [6.45, 7) is 3.78. The van der Waals surface area contributed by atoms with E-state index >= 15 is 0 Å². The number of hydrogen-bond acceptors (Lipinski definition) is 0. The van der Waals surface area contributed by atoms with E-state index in [9.17, 15) is 0 Å². The molecule has 3 aromatic rings. The van der Waals surface area contributed by atoms with Gasteiger partial charge in [0, 0.05) is 5.88 Å². The Morgan fingerprint density at radius 2 is 1.50 bits per heavy atom. The molecule has 0 saturated heterocycles. The predicted molar refractivity (Wildman–Crippen MR) is 100 cm³/mol. The van der Waals surface area contributed by atoms with Gasteiger partial charge >= 0.3 is 0 Å². The topological polar surface area (TPSA) is 0 Å². The average Bonchev–Trinajstić information content (AvgIpc) is 2.61. The van der Waals surface area contributed by atoms with Gasteiger partial charge in [-0.15, -0.1) is 11.6 Å². The molecule has 110 valence electrons. The van der Waals surface area contributed by atoms with E-state index in [1.54, 1.807) is 0 Å². The van der Waals surface area contributed by atoms with Crippen LogP contribution in [-0.2, 0) is 0 Å². The zero-order chi connectivity index (χ0) is 15.6. The second kappa shape index (κ2) is 8.86. The van der Waals surface area contributed by atoms with Gasteiger partial charge in [-0.1, -0.05) is 97.6 Å². The van der Waals surface area contributed by atoms with E-state index in [0.29, 0.717) is 5.88 Å². The Morgan fingerprint density at radius 1 is 0.818 bits per heavy atom. The molecule has 0 fully saturated rings. The highest BCUT2D eigenvalue weighted by molar-refractivity contribution is 6.19. The molecule has 0 aromatic heterocycles. The Balaban J connectivity index is 0.000000164. The van der Waals surface area contributed by atoms with Crippen molar-refractivity contribution in [1.82, 2.24) is 0 Å². The van der Waals surface area contributed by atoms with Crippen molar-refractivity contribution in [3.63, 3.8) is 0 Å². The van der Waals surface area contributed by atoms with E-state index in [0.717, 1.165) is 0 Å². The minimum atomic E-state index is 0.578. The van der Waals surface area contributed by atoms with E-state index in [4.69, 9.17) is 11.6 Å². The Hall–Kier alpha value is -2.31. The summed E-state index contributed by atoms with van der Waals surface area (Å²) in [5.74, 6) is 0.578. The minimum absolute atomic E-state index is 0.578. The van der Waals surface area contributed by atoms with Crippen LogP contribution in [0.3, 0.4) is 0 Å². The molecule has 0 unspecified atom stereocenters.